The molecule has 21 heavy (non-hydrogen) atoms. The summed E-state index contributed by atoms with van der Waals surface area (Å²) < 4.78 is 8.13. The third kappa shape index (κ3) is 2.51. The monoisotopic (exact) mass is 340 g/mol. The molecular formula is C12H6Cl2N4O2S. The molecule has 106 valence electrons. The van der Waals surface area contributed by atoms with Crippen LogP contribution in [0.5, 0.6) is 5.75 Å². The van der Waals surface area contributed by atoms with E-state index in [0.29, 0.717) is 22.1 Å². The average molecular weight is 341 g/mol. The fraction of sp³-hybridized carbons (Fsp3) is 0. The molecule has 2 aromatic rings. The molecule has 0 bridgehead atoms. The molecule has 0 aliphatic carbocycles. The van der Waals surface area contributed by atoms with Crippen LogP contribution >= 0.6 is 23.2 Å². The van der Waals surface area contributed by atoms with Crippen molar-refractivity contribution in [2.45, 2.75) is 0 Å². The molecule has 9 heteroatoms. The predicted octanol–water partition coefficient (Wildman–Crippen LogP) is 4.07. The minimum absolute atomic E-state index is 0.0763. The van der Waals surface area contributed by atoms with E-state index in [1.54, 1.807) is 0 Å². The Hall–Kier alpha value is -1.96. The van der Waals surface area contributed by atoms with Gasteiger partial charge >= 0.3 is 0 Å². The first kappa shape index (κ1) is 14.0. The zero-order valence-electron chi connectivity index (χ0n) is 10.2. The molecule has 0 radical (unpaired) electrons. The fourth-order valence-corrected chi connectivity index (χ4v) is 2.91. The summed E-state index contributed by atoms with van der Waals surface area (Å²) in [4.78, 5) is 15.9. The highest BCUT2D eigenvalue weighted by Gasteiger charge is 2.21. The number of nitrogens with one attached hydrogen (secondary N) is 1. The molecule has 1 aliphatic heterocycles. The third-order valence-electron chi connectivity index (χ3n) is 2.73. The summed E-state index contributed by atoms with van der Waals surface area (Å²) in [5, 5.41) is 12.8. The van der Waals surface area contributed by atoms with Crippen molar-refractivity contribution in [1.82, 2.24) is 4.98 Å². The zero-order chi connectivity index (χ0) is 15.0. The molecule has 0 saturated heterocycles. The van der Waals surface area contributed by atoms with Gasteiger partial charge in [-0.05, 0) is 12.1 Å². The van der Waals surface area contributed by atoms with Gasteiger partial charge in [-0.25, -0.2) is 0 Å². The molecule has 2 heterocycles. The lowest BCUT2D eigenvalue weighted by Crippen LogP contribution is -2.12. The van der Waals surface area contributed by atoms with E-state index in [1.165, 1.54) is 24.5 Å². The van der Waals surface area contributed by atoms with Gasteiger partial charge in [0, 0.05) is 6.20 Å². The number of benzene rings is 1. The summed E-state index contributed by atoms with van der Waals surface area (Å²) in [6.45, 7) is 0. The van der Waals surface area contributed by atoms with Gasteiger partial charge in [-0.15, -0.1) is 0 Å². The molecule has 1 aliphatic rings. The standard InChI is InChI=1S/C12H6Cl2N4O2S/c13-6-3-7(14)10-11(18-21-17-10)9(6)16-12(20)5-1-2-15-4-8(5)19/h1-4,19H,(H,16,20). The van der Waals surface area contributed by atoms with Gasteiger partial charge in [-0.3, -0.25) is 9.78 Å². The molecule has 0 fully saturated rings. The third-order valence-corrected chi connectivity index (χ3v) is 3.84. The number of pyridine rings is 1. The minimum Gasteiger partial charge on any atom is -0.505 e. The number of halogens is 2. The maximum Gasteiger partial charge on any atom is 0.259 e. The Labute approximate surface area is 132 Å². The van der Waals surface area contributed by atoms with E-state index in [1.807, 2.05) is 0 Å². The van der Waals surface area contributed by atoms with Gasteiger partial charge in [-0.1, -0.05) is 23.2 Å². The molecule has 0 spiro atoms. The van der Waals surface area contributed by atoms with Crippen molar-refractivity contribution in [3.8, 4) is 5.75 Å². The summed E-state index contributed by atoms with van der Waals surface area (Å²) >= 11 is 13.1. The van der Waals surface area contributed by atoms with E-state index >= 15 is 0 Å². The van der Waals surface area contributed by atoms with Crippen LogP contribution in [-0.4, -0.2) is 16.0 Å². The molecular weight excluding hydrogens is 335 g/mol. The summed E-state index contributed by atoms with van der Waals surface area (Å²) in [7, 11) is 0. The van der Waals surface area contributed by atoms with Crippen LogP contribution in [0.25, 0.3) is 0 Å². The van der Waals surface area contributed by atoms with Gasteiger partial charge in [0.2, 0.25) is 0 Å². The van der Waals surface area contributed by atoms with Crippen molar-refractivity contribution in [3.05, 3.63) is 40.1 Å². The Bertz CT molecular complexity index is 834. The van der Waals surface area contributed by atoms with Crippen LogP contribution in [0.2, 0.25) is 10.0 Å². The number of aromatic nitrogens is 1. The van der Waals surface area contributed by atoms with Gasteiger partial charge in [0.15, 0.2) is 0 Å². The number of rotatable bonds is 2. The average Bonchev–Trinajstić information content (AvgIpc) is 2.93. The highest BCUT2D eigenvalue weighted by Crippen LogP contribution is 2.47. The minimum atomic E-state index is -0.534. The Kier molecular flexibility index (Phi) is 3.62. The van der Waals surface area contributed by atoms with Crippen molar-refractivity contribution in [1.29, 1.82) is 0 Å². The highest BCUT2D eigenvalue weighted by molar-refractivity contribution is 7.58. The van der Waals surface area contributed by atoms with Crippen LogP contribution in [0.4, 0.5) is 17.1 Å². The number of hydrogen-bond acceptors (Lipinski definition) is 5. The number of carbonyl (C=O) groups excluding carboxylic acids is 1. The second kappa shape index (κ2) is 5.44. The van der Waals surface area contributed by atoms with E-state index in [9.17, 15) is 9.90 Å². The van der Waals surface area contributed by atoms with E-state index in [4.69, 9.17) is 23.2 Å². The van der Waals surface area contributed by atoms with Crippen molar-refractivity contribution >= 4 is 57.5 Å². The summed E-state index contributed by atoms with van der Waals surface area (Å²) in [6.07, 6.45) is 2.58. The largest absolute Gasteiger partial charge is 0.505 e. The lowest BCUT2D eigenvalue weighted by atomic mass is 10.2. The van der Waals surface area contributed by atoms with Crippen LogP contribution in [0.1, 0.15) is 10.4 Å². The van der Waals surface area contributed by atoms with E-state index in [0.717, 1.165) is 11.4 Å². The highest BCUT2D eigenvalue weighted by atomic mass is 35.5. The fourth-order valence-electron chi connectivity index (χ4n) is 1.75. The van der Waals surface area contributed by atoms with E-state index in [2.05, 4.69) is 19.0 Å². The van der Waals surface area contributed by atoms with Gasteiger partial charge < -0.3 is 10.4 Å². The van der Waals surface area contributed by atoms with Gasteiger partial charge in [0.05, 0.1) is 38.8 Å². The molecule has 0 saturated carbocycles. The molecule has 0 unspecified atom stereocenters. The second-order valence-electron chi connectivity index (χ2n) is 4.02. The van der Waals surface area contributed by atoms with E-state index < -0.39 is 5.91 Å². The Morgan fingerprint density at radius 3 is 2.76 bits per heavy atom. The predicted molar refractivity (Wildman–Crippen MR) is 81.9 cm³/mol. The summed E-state index contributed by atoms with van der Waals surface area (Å²) in [5.41, 5.74) is 1.23. The lowest BCUT2D eigenvalue weighted by molar-refractivity contribution is 0.102. The SMILES string of the molecule is O=C(Nc1c(Cl)cc(Cl)c2c1N=S=N2)c1ccncc1O. The topological polar surface area (TPSA) is 86.9 Å². The quantitative estimate of drug-likeness (QED) is 0.736. The molecule has 1 aromatic carbocycles. The number of carbonyl (C=O) groups is 1. The van der Waals surface area contributed by atoms with Crippen molar-refractivity contribution in [2.75, 3.05) is 5.32 Å². The Balaban J connectivity index is 2.01. The molecule has 3 rings (SSSR count). The first-order chi connectivity index (χ1) is 10.1. The molecule has 2 N–H and O–H groups in total. The molecule has 0 atom stereocenters. The summed E-state index contributed by atoms with van der Waals surface area (Å²) in [5.74, 6) is -0.763. The molecule has 1 amide bonds. The Morgan fingerprint density at radius 2 is 2.00 bits per heavy atom. The summed E-state index contributed by atoms with van der Waals surface area (Å²) in [6, 6.07) is 2.87. The van der Waals surface area contributed by atoms with Gasteiger partial charge in [0.25, 0.3) is 5.91 Å². The van der Waals surface area contributed by atoms with Crippen molar-refractivity contribution < 1.29 is 9.90 Å². The van der Waals surface area contributed by atoms with Crippen molar-refractivity contribution in [3.63, 3.8) is 0 Å². The number of nitrogens with zero attached hydrogens (tertiary/aromatic N) is 3. The van der Waals surface area contributed by atoms with Gasteiger partial charge in [-0.2, -0.15) is 8.73 Å². The molecule has 1 aromatic heterocycles. The van der Waals surface area contributed by atoms with Gasteiger partial charge in [0.1, 0.15) is 17.1 Å². The smallest absolute Gasteiger partial charge is 0.259 e. The van der Waals surface area contributed by atoms with Crippen LogP contribution in [0.3, 0.4) is 0 Å². The maximum atomic E-state index is 12.2. The van der Waals surface area contributed by atoms with Crippen molar-refractivity contribution in [2.24, 2.45) is 8.73 Å². The maximum absolute atomic E-state index is 12.2. The number of anilines is 1. The first-order valence-electron chi connectivity index (χ1n) is 5.62. The second-order valence-corrected chi connectivity index (χ2v) is 5.37. The first-order valence-corrected chi connectivity index (χ1v) is 7.11. The van der Waals surface area contributed by atoms with E-state index in [-0.39, 0.29) is 16.3 Å². The number of fused-ring (bicyclic) bond motifs is 1. The van der Waals surface area contributed by atoms with Crippen LogP contribution < -0.4 is 5.32 Å². The molecule has 6 nitrogen and oxygen atoms in total. The zero-order valence-corrected chi connectivity index (χ0v) is 12.5. The van der Waals surface area contributed by atoms with Crippen LogP contribution in [0.15, 0.2) is 33.3 Å². The number of hydrogen-bond donors (Lipinski definition) is 2. The number of aromatic hydroxyl groups is 1. The van der Waals surface area contributed by atoms with Crippen LogP contribution in [0, 0.1) is 0 Å². The Morgan fingerprint density at radius 1 is 1.24 bits per heavy atom. The van der Waals surface area contributed by atoms with Crippen LogP contribution in [-0.2, 0) is 11.4 Å². The number of amides is 1. The normalized spacial score (nSPS) is 11.9. The lowest BCUT2D eigenvalue weighted by Gasteiger charge is -2.11.